The molecule has 12 aromatic carbocycles. The monoisotopic (exact) mass is 1450 g/mol. The van der Waals surface area contributed by atoms with Crippen LogP contribution in [0.25, 0.3) is 109 Å². The molecule has 508 valence electrons. The van der Waals surface area contributed by atoms with Crippen LogP contribution < -0.4 is 9.80 Å². The maximum absolute atomic E-state index is 5.42. The zero-order chi connectivity index (χ0) is 71.3. The predicted molar refractivity (Wildman–Crippen MR) is 450 cm³/mol. The molecule has 8 heterocycles. The van der Waals surface area contributed by atoms with Crippen LogP contribution in [0.5, 0.6) is 0 Å². The van der Waals surface area contributed by atoms with Crippen LogP contribution in [-0.2, 0) is 10.8 Å². The van der Waals surface area contributed by atoms with E-state index in [1.807, 2.05) is 57.5 Å². The lowest BCUT2D eigenvalue weighted by Crippen LogP contribution is -2.36. The van der Waals surface area contributed by atoms with Crippen molar-refractivity contribution in [3.63, 3.8) is 0 Å². The van der Waals surface area contributed by atoms with E-state index in [1.54, 1.807) is 0 Å². The van der Waals surface area contributed by atoms with Gasteiger partial charge in [-0.1, -0.05) is 279 Å². The van der Waals surface area contributed by atoms with E-state index in [9.17, 15) is 0 Å². The summed E-state index contributed by atoms with van der Waals surface area (Å²) in [6.07, 6.45) is 0. The number of rotatable bonds is 10. The van der Waals surface area contributed by atoms with E-state index in [0.717, 1.165) is 73.3 Å². The highest BCUT2D eigenvalue weighted by Gasteiger charge is 2.55. The Kier molecular flexibility index (Phi) is 15.4. The van der Waals surface area contributed by atoms with Gasteiger partial charge in [0, 0.05) is 59.1 Å². The third-order valence-electron chi connectivity index (χ3n) is 21.8. The Morgan fingerprint density at radius 1 is 0.204 bits per heavy atom. The summed E-state index contributed by atoms with van der Waals surface area (Å²) in [6, 6.07) is 126. The molecule has 0 fully saturated rings. The van der Waals surface area contributed by atoms with Crippen LogP contribution in [0.4, 0.5) is 34.3 Å². The summed E-state index contributed by atoms with van der Waals surface area (Å²) in [5.74, 6) is 2.22. The minimum absolute atomic E-state index is 0.367. The molecule has 108 heavy (non-hydrogen) atoms. The Morgan fingerprint density at radius 2 is 0.491 bits per heavy atom. The van der Waals surface area contributed by atoms with Crippen molar-refractivity contribution in [2.45, 2.75) is 10.8 Å². The highest BCUT2D eigenvalue weighted by Crippen LogP contribution is 2.67. The van der Waals surface area contributed by atoms with Gasteiger partial charge in [0.25, 0.3) is 0 Å². The van der Waals surface area contributed by atoms with Gasteiger partial charge in [-0.2, -0.15) is 0 Å². The van der Waals surface area contributed by atoms with Crippen molar-refractivity contribution < 1.29 is 0 Å². The third kappa shape index (κ3) is 10.2. The standard InChI is InChI=1S/2C49H31N3S2/c1-3-12-32(13-4-1)33-22-24-35(25-23-33)48-50-42(34-14-5-2-6-15-34)31-43(51-48)36-16-11-17-37(30-36)52-44-20-9-7-18-38(44)49(39-19-8-10-21-45(39)52)40-26-28-53-46(40)47-41(49)27-29-54-47;1-3-11-32(12-4-1)34-19-23-36(24-20-34)42-31-45(51-48(50-42)37-25-21-35(22-26-37)33-13-5-2-6-14-33)52-43-17-9-7-15-38(43)49(39-16-8-10-18-44(39)52)40-27-29-53-46(40)47-41(49)28-30-54-47/h2*1-31H. The molecule has 22 rings (SSSR count). The van der Waals surface area contributed by atoms with Crippen LogP contribution in [0.3, 0.4) is 0 Å². The Hall–Kier alpha value is -12.8. The fourth-order valence-electron chi connectivity index (χ4n) is 17.1. The van der Waals surface area contributed by atoms with Crippen molar-refractivity contribution >= 4 is 79.6 Å². The highest BCUT2D eigenvalue weighted by molar-refractivity contribution is 7.21. The Morgan fingerprint density at radius 3 is 0.889 bits per heavy atom. The van der Waals surface area contributed by atoms with Gasteiger partial charge in [0.05, 0.1) is 50.7 Å². The minimum Gasteiger partial charge on any atom is -0.310 e. The van der Waals surface area contributed by atoms with E-state index in [-0.39, 0.29) is 5.41 Å². The fraction of sp³-hybridized carbons (Fsp3) is 0.0204. The first-order valence-corrected chi connectivity index (χ1v) is 39.8. The van der Waals surface area contributed by atoms with Crippen molar-refractivity contribution in [2.24, 2.45) is 0 Å². The molecular formula is C98H62N6S4. The van der Waals surface area contributed by atoms with Crippen molar-refractivity contribution in [3.8, 4) is 109 Å². The summed E-state index contributed by atoms with van der Waals surface area (Å²) in [4.78, 5) is 31.4. The van der Waals surface area contributed by atoms with Gasteiger partial charge >= 0.3 is 0 Å². The molecule has 0 saturated heterocycles. The number of nitrogens with zero attached hydrogens (tertiary/aromatic N) is 6. The molecule has 0 amide bonds. The molecule has 2 aliphatic heterocycles. The predicted octanol–water partition coefficient (Wildman–Crippen LogP) is 26.8. The van der Waals surface area contributed by atoms with E-state index in [4.69, 9.17) is 19.9 Å². The van der Waals surface area contributed by atoms with Gasteiger partial charge in [0.2, 0.25) is 0 Å². The van der Waals surface area contributed by atoms with Crippen LogP contribution in [0.1, 0.15) is 44.5 Å². The molecular weight excluding hydrogens is 1390 g/mol. The van der Waals surface area contributed by atoms with Crippen LogP contribution >= 0.6 is 45.3 Å². The zero-order valence-corrected chi connectivity index (χ0v) is 61.4. The molecule has 2 spiro atoms. The van der Waals surface area contributed by atoms with E-state index >= 15 is 0 Å². The molecule has 0 N–H and O–H groups in total. The van der Waals surface area contributed by atoms with Crippen molar-refractivity contribution in [1.82, 2.24) is 19.9 Å². The van der Waals surface area contributed by atoms with Crippen LogP contribution in [-0.4, -0.2) is 19.9 Å². The first-order chi connectivity index (χ1) is 53.5. The molecule has 6 nitrogen and oxygen atoms in total. The molecule has 10 heteroatoms. The summed E-state index contributed by atoms with van der Waals surface area (Å²) in [7, 11) is 0. The van der Waals surface area contributed by atoms with E-state index in [0.29, 0.717) is 11.6 Å². The highest BCUT2D eigenvalue weighted by atomic mass is 32.1. The maximum atomic E-state index is 5.42. The van der Waals surface area contributed by atoms with Crippen molar-refractivity contribution in [3.05, 3.63) is 418 Å². The third-order valence-corrected chi connectivity index (χ3v) is 25.8. The quantitative estimate of drug-likeness (QED) is 0.136. The number of fused-ring (bicyclic) bond motifs is 18. The van der Waals surface area contributed by atoms with Crippen molar-refractivity contribution in [1.29, 1.82) is 0 Å². The van der Waals surface area contributed by atoms with Gasteiger partial charge in [-0.3, -0.25) is 4.90 Å². The molecule has 0 atom stereocenters. The maximum Gasteiger partial charge on any atom is 0.162 e. The number of thiophene rings is 4. The first kappa shape index (κ1) is 63.7. The summed E-state index contributed by atoms with van der Waals surface area (Å²) in [5, 5.41) is 9.02. The minimum atomic E-state index is -0.409. The van der Waals surface area contributed by atoms with Crippen LogP contribution in [0.15, 0.2) is 373 Å². The molecule has 18 aromatic rings. The van der Waals surface area contributed by atoms with Gasteiger partial charge in [-0.25, -0.2) is 19.9 Å². The smallest absolute Gasteiger partial charge is 0.162 e. The number of benzene rings is 12. The zero-order valence-electron chi connectivity index (χ0n) is 58.1. The Balaban J connectivity index is 0.000000138. The van der Waals surface area contributed by atoms with Crippen LogP contribution in [0.2, 0.25) is 0 Å². The molecule has 0 radical (unpaired) electrons. The number of anilines is 6. The molecule has 2 aliphatic carbocycles. The summed E-state index contributed by atoms with van der Waals surface area (Å²) in [5.41, 5.74) is 30.4. The normalized spacial score (nSPS) is 13.3. The number of para-hydroxylation sites is 4. The average molecular weight is 1450 g/mol. The topological polar surface area (TPSA) is 58.0 Å². The van der Waals surface area contributed by atoms with Crippen LogP contribution in [0, 0.1) is 0 Å². The Labute approximate surface area is 642 Å². The molecule has 4 aliphatic rings. The van der Waals surface area contributed by atoms with Crippen molar-refractivity contribution in [2.75, 3.05) is 9.80 Å². The molecule has 6 aromatic heterocycles. The molecule has 0 saturated carbocycles. The number of hydrogen-bond acceptors (Lipinski definition) is 10. The second-order valence-corrected chi connectivity index (χ2v) is 31.2. The van der Waals surface area contributed by atoms with Gasteiger partial charge < -0.3 is 4.90 Å². The van der Waals surface area contributed by atoms with E-state index < -0.39 is 5.41 Å². The lowest BCUT2D eigenvalue weighted by molar-refractivity contribution is 0.754. The van der Waals surface area contributed by atoms with Gasteiger partial charge in [0.15, 0.2) is 11.6 Å². The van der Waals surface area contributed by atoms with E-state index in [2.05, 4.69) is 371 Å². The SMILES string of the molecule is c1ccc(-c2ccc(-c3cc(N4c5ccccc5C5(c6ccccc64)c4ccsc4-c4sccc45)nc(-c4ccc(-c5ccccc5)cc4)n3)cc2)cc1.c1ccc(-c2ccc(-c3nc(-c4ccccc4)cc(-c4cccc(N5c6ccccc6C6(c7ccccc75)c5ccsc5-c5sccc56)c4)n3)cc2)cc1. The van der Waals surface area contributed by atoms with Gasteiger partial charge in [-0.15, -0.1) is 45.3 Å². The summed E-state index contributed by atoms with van der Waals surface area (Å²) < 4.78 is 0. The Bertz CT molecular complexity index is 6160. The fourth-order valence-corrected chi connectivity index (χ4v) is 21.2. The van der Waals surface area contributed by atoms with Gasteiger partial charge in [-0.05, 0) is 166 Å². The largest absolute Gasteiger partial charge is 0.310 e. The second-order valence-electron chi connectivity index (χ2n) is 27.5. The summed E-state index contributed by atoms with van der Waals surface area (Å²) >= 11 is 7.41. The lowest BCUT2D eigenvalue weighted by Gasteiger charge is -2.44. The molecule has 0 bridgehead atoms. The lowest BCUT2D eigenvalue weighted by atomic mass is 9.65. The number of aromatic nitrogens is 4. The molecule has 0 unspecified atom stereocenters. The average Bonchev–Trinajstić information content (AvgIpc) is 1.49. The number of hydrogen-bond donors (Lipinski definition) is 0. The summed E-state index contributed by atoms with van der Waals surface area (Å²) in [6.45, 7) is 0. The second kappa shape index (κ2) is 26.1. The first-order valence-electron chi connectivity index (χ1n) is 36.3. The van der Waals surface area contributed by atoms with E-state index in [1.165, 1.54) is 103 Å². The van der Waals surface area contributed by atoms with Gasteiger partial charge in [0.1, 0.15) is 5.82 Å².